The van der Waals surface area contributed by atoms with Crippen molar-refractivity contribution in [1.29, 1.82) is 0 Å². The third-order valence-corrected chi connectivity index (χ3v) is 4.60. The fraction of sp³-hybridized carbons (Fsp3) is 0.353. The van der Waals surface area contributed by atoms with Crippen molar-refractivity contribution in [3.05, 3.63) is 51.7 Å². The molecule has 0 atom stereocenters. The van der Waals surface area contributed by atoms with Gasteiger partial charge in [0.15, 0.2) is 5.78 Å². The Balaban J connectivity index is 1.97. The Morgan fingerprint density at radius 1 is 1.24 bits per heavy atom. The zero-order chi connectivity index (χ0) is 15.2. The number of ketones is 1. The van der Waals surface area contributed by atoms with Gasteiger partial charge in [0.25, 0.3) is 0 Å². The summed E-state index contributed by atoms with van der Waals surface area (Å²) in [6, 6.07) is 11.9. The number of hydrogen-bond donors (Lipinski definition) is 0. The summed E-state index contributed by atoms with van der Waals surface area (Å²) in [4.78, 5) is 16.4. The Bertz CT molecular complexity index is 606. The molecular weight excluding hydrogens is 282 g/mol. The van der Waals surface area contributed by atoms with Gasteiger partial charge in [0.05, 0.1) is 18.5 Å². The summed E-state index contributed by atoms with van der Waals surface area (Å²) in [6.45, 7) is 3.22. The van der Waals surface area contributed by atoms with Crippen LogP contribution in [0.1, 0.15) is 27.0 Å². The number of thiophene rings is 1. The molecule has 1 aromatic carbocycles. The van der Waals surface area contributed by atoms with Gasteiger partial charge in [0.1, 0.15) is 5.75 Å². The summed E-state index contributed by atoms with van der Waals surface area (Å²) in [5, 5.41) is 0. The molecule has 2 aromatic rings. The van der Waals surface area contributed by atoms with Crippen LogP contribution in [0.15, 0.2) is 36.4 Å². The molecule has 0 fully saturated rings. The molecule has 0 saturated carbocycles. The van der Waals surface area contributed by atoms with Crippen LogP contribution < -0.4 is 4.74 Å². The smallest absolute Gasteiger partial charge is 0.186 e. The highest BCUT2D eigenvalue weighted by molar-refractivity contribution is 7.14. The van der Waals surface area contributed by atoms with Crippen molar-refractivity contribution in [2.75, 3.05) is 20.7 Å². The molecule has 0 aliphatic carbocycles. The van der Waals surface area contributed by atoms with E-state index >= 15 is 0 Å². The Kier molecular flexibility index (Phi) is 5.53. The lowest BCUT2D eigenvalue weighted by atomic mass is 10.2. The molecule has 21 heavy (non-hydrogen) atoms. The van der Waals surface area contributed by atoms with Crippen LogP contribution >= 0.6 is 11.3 Å². The zero-order valence-electron chi connectivity index (χ0n) is 12.8. The minimum Gasteiger partial charge on any atom is -0.496 e. The number of Topliss-reactive ketones (excluding diaryl/α,β-unsaturated/α-hetero) is 1. The highest BCUT2D eigenvalue weighted by atomic mass is 32.1. The molecule has 3 nitrogen and oxygen atoms in total. The molecule has 0 bridgehead atoms. The van der Waals surface area contributed by atoms with Crippen LogP contribution in [0.2, 0.25) is 0 Å². The standard InChI is InChI=1S/C17H21NO2S/c1-4-14-9-10-17(21-14)15(19)12-18(2)11-13-7-5-6-8-16(13)20-3/h5-10H,4,11-12H2,1-3H3. The first kappa shape index (κ1) is 15.7. The number of benzene rings is 1. The average molecular weight is 303 g/mol. The Labute approximate surface area is 130 Å². The Morgan fingerprint density at radius 3 is 2.67 bits per heavy atom. The number of ether oxygens (including phenoxy) is 1. The van der Waals surface area contributed by atoms with Gasteiger partial charge in [-0.05, 0) is 31.7 Å². The van der Waals surface area contributed by atoms with Crippen LogP contribution in [0.4, 0.5) is 0 Å². The van der Waals surface area contributed by atoms with Crippen molar-refractivity contribution >= 4 is 17.1 Å². The summed E-state index contributed by atoms with van der Waals surface area (Å²) in [5.41, 5.74) is 1.09. The molecule has 0 aliphatic rings. The van der Waals surface area contributed by atoms with Crippen LogP contribution in [-0.2, 0) is 13.0 Å². The third-order valence-electron chi connectivity index (χ3n) is 3.33. The summed E-state index contributed by atoms with van der Waals surface area (Å²) >= 11 is 1.60. The molecule has 0 unspecified atom stereocenters. The van der Waals surface area contributed by atoms with Gasteiger partial charge in [-0.2, -0.15) is 0 Å². The van der Waals surface area contributed by atoms with E-state index in [2.05, 4.69) is 6.92 Å². The second kappa shape index (κ2) is 7.38. The Hall–Kier alpha value is -1.65. The monoisotopic (exact) mass is 303 g/mol. The van der Waals surface area contributed by atoms with E-state index in [-0.39, 0.29) is 5.78 Å². The van der Waals surface area contributed by atoms with E-state index in [1.807, 2.05) is 48.3 Å². The number of rotatable bonds is 7. The van der Waals surface area contributed by atoms with Crippen molar-refractivity contribution in [1.82, 2.24) is 4.90 Å². The predicted octanol–water partition coefficient (Wildman–Crippen LogP) is 3.63. The van der Waals surface area contributed by atoms with Crippen molar-refractivity contribution in [2.45, 2.75) is 19.9 Å². The van der Waals surface area contributed by atoms with Crippen molar-refractivity contribution < 1.29 is 9.53 Å². The summed E-state index contributed by atoms with van der Waals surface area (Å²) in [6.07, 6.45) is 0.981. The molecule has 1 heterocycles. The summed E-state index contributed by atoms with van der Waals surface area (Å²) in [7, 11) is 3.63. The Morgan fingerprint density at radius 2 is 2.00 bits per heavy atom. The van der Waals surface area contributed by atoms with Gasteiger partial charge in [0, 0.05) is 17.0 Å². The molecule has 0 spiro atoms. The van der Waals surface area contributed by atoms with Crippen LogP contribution in [0, 0.1) is 0 Å². The third kappa shape index (κ3) is 4.16. The highest BCUT2D eigenvalue weighted by Crippen LogP contribution is 2.20. The second-order valence-corrected chi connectivity index (χ2v) is 6.20. The van der Waals surface area contributed by atoms with E-state index in [1.54, 1.807) is 18.4 Å². The van der Waals surface area contributed by atoms with Crippen molar-refractivity contribution in [3.8, 4) is 5.75 Å². The van der Waals surface area contributed by atoms with Gasteiger partial charge in [-0.1, -0.05) is 25.1 Å². The fourth-order valence-electron chi connectivity index (χ4n) is 2.22. The number of hydrogen-bond acceptors (Lipinski definition) is 4. The van der Waals surface area contributed by atoms with E-state index in [0.29, 0.717) is 13.1 Å². The van der Waals surface area contributed by atoms with Gasteiger partial charge >= 0.3 is 0 Å². The zero-order valence-corrected chi connectivity index (χ0v) is 13.6. The normalized spacial score (nSPS) is 10.9. The maximum Gasteiger partial charge on any atom is 0.186 e. The molecule has 2 rings (SSSR count). The lowest BCUT2D eigenvalue weighted by Crippen LogP contribution is -2.25. The molecule has 0 saturated heterocycles. The SMILES string of the molecule is CCc1ccc(C(=O)CN(C)Cc2ccccc2OC)s1. The molecular formula is C17H21NO2S. The molecule has 0 N–H and O–H groups in total. The van der Waals surface area contributed by atoms with Crippen LogP contribution in [-0.4, -0.2) is 31.4 Å². The number of carbonyl (C=O) groups excluding carboxylic acids is 1. The molecule has 4 heteroatoms. The van der Waals surface area contributed by atoms with E-state index in [1.165, 1.54) is 4.88 Å². The highest BCUT2D eigenvalue weighted by Gasteiger charge is 2.13. The van der Waals surface area contributed by atoms with E-state index in [4.69, 9.17) is 4.74 Å². The van der Waals surface area contributed by atoms with E-state index in [0.717, 1.165) is 22.6 Å². The number of methoxy groups -OCH3 is 1. The first-order chi connectivity index (χ1) is 10.1. The van der Waals surface area contributed by atoms with Crippen LogP contribution in [0.5, 0.6) is 5.75 Å². The number of nitrogens with zero attached hydrogens (tertiary/aromatic N) is 1. The minimum atomic E-state index is 0.178. The van der Waals surface area contributed by atoms with Crippen molar-refractivity contribution in [3.63, 3.8) is 0 Å². The molecule has 0 aliphatic heterocycles. The lowest BCUT2D eigenvalue weighted by Gasteiger charge is -2.17. The predicted molar refractivity (Wildman–Crippen MR) is 87.4 cm³/mol. The first-order valence-electron chi connectivity index (χ1n) is 7.06. The number of likely N-dealkylation sites (N-methyl/N-ethyl adjacent to an activating group) is 1. The van der Waals surface area contributed by atoms with Crippen LogP contribution in [0.3, 0.4) is 0 Å². The van der Waals surface area contributed by atoms with Gasteiger partial charge in [-0.15, -0.1) is 11.3 Å². The maximum atomic E-state index is 12.3. The fourth-order valence-corrected chi connectivity index (χ4v) is 3.10. The first-order valence-corrected chi connectivity index (χ1v) is 7.88. The quantitative estimate of drug-likeness (QED) is 0.732. The second-order valence-electron chi connectivity index (χ2n) is 5.03. The number of carbonyl (C=O) groups is 1. The largest absolute Gasteiger partial charge is 0.496 e. The minimum absolute atomic E-state index is 0.178. The van der Waals surface area contributed by atoms with Crippen molar-refractivity contribution in [2.24, 2.45) is 0 Å². The molecule has 0 amide bonds. The van der Waals surface area contributed by atoms with Crippen LogP contribution in [0.25, 0.3) is 0 Å². The lowest BCUT2D eigenvalue weighted by molar-refractivity contribution is 0.0946. The number of aryl methyl sites for hydroxylation is 1. The van der Waals surface area contributed by atoms with Gasteiger partial charge in [-0.3, -0.25) is 9.69 Å². The molecule has 1 aromatic heterocycles. The van der Waals surface area contributed by atoms with E-state index < -0.39 is 0 Å². The number of para-hydroxylation sites is 1. The van der Waals surface area contributed by atoms with Gasteiger partial charge < -0.3 is 4.74 Å². The maximum absolute atomic E-state index is 12.3. The topological polar surface area (TPSA) is 29.5 Å². The van der Waals surface area contributed by atoms with Gasteiger partial charge in [0.2, 0.25) is 0 Å². The molecule has 0 radical (unpaired) electrons. The summed E-state index contributed by atoms with van der Waals surface area (Å²) in [5.74, 6) is 1.04. The summed E-state index contributed by atoms with van der Waals surface area (Å²) < 4.78 is 5.34. The van der Waals surface area contributed by atoms with E-state index in [9.17, 15) is 4.79 Å². The van der Waals surface area contributed by atoms with Gasteiger partial charge in [-0.25, -0.2) is 0 Å². The molecule has 112 valence electrons. The average Bonchev–Trinajstić information content (AvgIpc) is 2.96.